The summed E-state index contributed by atoms with van der Waals surface area (Å²) >= 11 is 0. The predicted molar refractivity (Wildman–Crippen MR) is 80.9 cm³/mol. The van der Waals surface area contributed by atoms with Crippen molar-refractivity contribution in [3.05, 3.63) is 71.5 Å². The van der Waals surface area contributed by atoms with Gasteiger partial charge in [0, 0.05) is 5.56 Å². The summed E-state index contributed by atoms with van der Waals surface area (Å²) in [4.78, 5) is 23.2. The zero-order valence-corrected chi connectivity index (χ0v) is 11.6. The summed E-state index contributed by atoms with van der Waals surface area (Å²) in [6, 6.07) is 14.3. The Morgan fingerprint density at radius 2 is 1.73 bits per heavy atom. The first-order chi connectivity index (χ1) is 10.6. The Kier molecular flexibility index (Phi) is 5.37. The van der Waals surface area contributed by atoms with E-state index < -0.39 is 17.6 Å². The fourth-order valence-corrected chi connectivity index (χ4v) is 1.62. The van der Waals surface area contributed by atoms with E-state index in [2.05, 4.69) is 15.8 Å². The minimum Gasteiger partial charge on any atom is -0.343 e. The molecule has 0 aromatic heterocycles. The average Bonchev–Trinajstić information content (AvgIpc) is 2.54. The van der Waals surface area contributed by atoms with E-state index in [0.29, 0.717) is 0 Å². The molecule has 0 radical (unpaired) electrons. The monoisotopic (exact) mass is 299 g/mol. The molecule has 2 rings (SSSR count). The highest BCUT2D eigenvalue weighted by Crippen LogP contribution is 2.02. The molecular formula is C16H14FN3O2. The van der Waals surface area contributed by atoms with Crippen LogP contribution in [0.3, 0.4) is 0 Å². The van der Waals surface area contributed by atoms with E-state index in [-0.39, 0.29) is 12.1 Å². The van der Waals surface area contributed by atoms with Crippen LogP contribution in [0.25, 0.3) is 0 Å². The summed E-state index contributed by atoms with van der Waals surface area (Å²) < 4.78 is 12.7. The van der Waals surface area contributed by atoms with Crippen LogP contribution < -0.4 is 10.7 Å². The first-order valence-electron chi connectivity index (χ1n) is 6.56. The number of hydrogen-bond donors (Lipinski definition) is 2. The lowest BCUT2D eigenvalue weighted by Crippen LogP contribution is -2.34. The summed E-state index contributed by atoms with van der Waals surface area (Å²) in [6.45, 7) is -0.220. The molecule has 0 unspecified atom stereocenters. The third kappa shape index (κ3) is 4.82. The first kappa shape index (κ1) is 15.4. The number of carbonyl (C=O) groups excluding carboxylic acids is 2. The molecular weight excluding hydrogens is 285 g/mol. The molecule has 0 saturated carbocycles. The Balaban J connectivity index is 1.77. The van der Waals surface area contributed by atoms with Gasteiger partial charge in [0.25, 0.3) is 11.8 Å². The molecule has 0 heterocycles. The summed E-state index contributed by atoms with van der Waals surface area (Å²) in [5.41, 5.74) is 3.43. The zero-order valence-electron chi connectivity index (χ0n) is 11.6. The molecule has 0 atom stereocenters. The minimum atomic E-state index is -0.456. The van der Waals surface area contributed by atoms with Gasteiger partial charge in [0.1, 0.15) is 5.82 Å². The van der Waals surface area contributed by atoms with Crippen molar-refractivity contribution in [3.8, 4) is 0 Å². The van der Waals surface area contributed by atoms with Gasteiger partial charge in [-0.25, -0.2) is 9.82 Å². The van der Waals surface area contributed by atoms with Gasteiger partial charge in [0.2, 0.25) is 0 Å². The highest BCUT2D eigenvalue weighted by molar-refractivity contribution is 5.96. The van der Waals surface area contributed by atoms with Gasteiger partial charge in [-0.1, -0.05) is 30.3 Å². The van der Waals surface area contributed by atoms with Gasteiger partial charge in [-0.15, -0.1) is 0 Å². The van der Waals surface area contributed by atoms with E-state index in [4.69, 9.17) is 0 Å². The van der Waals surface area contributed by atoms with Gasteiger partial charge in [-0.2, -0.15) is 5.10 Å². The van der Waals surface area contributed by atoms with Gasteiger partial charge in [-0.3, -0.25) is 9.59 Å². The molecule has 2 amide bonds. The molecule has 0 aliphatic carbocycles. The van der Waals surface area contributed by atoms with Crippen molar-refractivity contribution in [2.75, 3.05) is 6.54 Å². The molecule has 0 saturated heterocycles. The third-order valence-corrected chi connectivity index (χ3v) is 2.72. The minimum absolute atomic E-state index is 0.220. The Morgan fingerprint density at radius 3 is 2.41 bits per heavy atom. The van der Waals surface area contributed by atoms with Crippen LogP contribution in [0.2, 0.25) is 0 Å². The topological polar surface area (TPSA) is 70.6 Å². The fourth-order valence-electron chi connectivity index (χ4n) is 1.62. The number of amides is 2. The second-order valence-corrected chi connectivity index (χ2v) is 4.39. The number of hydrazone groups is 1. The highest BCUT2D eigenvalue weighted by Gasteiger charge is 2.07. The first-order valence-corrected chi connectivity index (χ1v) is 6.56. The largest absolute Gasteiger partial charge is 0.343 e. The smallest absolute Gasteiger partial charge is 0.259 e. The van der Waals surface area contributed by atoms with E-state index in [0.717, 1.165) is 5.56 Å². The molecule has 6 heteroatoms. The Morgan fingerprint density at radius 1 is 1.05 bits per heavy atom. The van der Waals surface area contributed by atoms with Gasteiger partial charge in [0.05, 0.1) is 12.8 Å². The molecule has 0 spiro atoms. The Labute approximate surface area is 126 Å². The number of halogens is 1. The second kappa shape index (κ2) is 7.68. The molecule has 0 bridgehead atoms. The van der Waals surface area contributed by atoms with Gasteiger partial charge < -0.3 is 5.32 Å². The average molecular weight is 299 g/mol. The van der Waals surface area contributed by atoms with E-state index in [1.54, 1.807) is 0 Å². The van der Waals surface area contributed by atoms with Gasteiger partial charge in [-0.05, 0) is 29.8 Å². The van der Waals surface area contributed by atoms with Gasteiger partial charge in [0.15, 0.2) is 0 Å². The molecule has 5 nitrogen and oxygen atoms in total. The van der Waals surface area contributed by atoms with Crippen LogP contribution in [0.15, 0.2) is 59.7 Å². The SMILES string of the molecule is O=C(CNC(=O)c1ccc(F)cc1)N/N=C\c1ccccc1. The lowest BCUT2D eigenvalue weighted by Gasteiger charge is -2.04. The van der Waals surface area contributed by atoms with E-state index >= 15 is 0 Å². The number of benzene rings is 2. The number of rotatable bonds is 5. The van der Waals surface area contributed by atoms with Crippen LogP contribution in [-0.4, -0.2) is 24.6 Å². The van der Waals surface area contributed by atoms with Crippen LogP contribution in [0, 0.1) is 5.82 Å². The summed E-state index contributed by atoms with van der Waals surface area (Å²) in [7, 11) is 0. The highest BCUT2D eigenvalue weighted by atomic mass is 19.1. The van der Waals surface area contributed by atoms with Crippen molar-refractivity contribution in [2.24, 2.45) is 5.10 Å². The summed E-state index contributed by atoms with van der Waals surface area (Å²) in [5.74, 6) is -1.34. The fraction of sp³-hybridized carbons (Fsp3) is 0.0625. The maximum Gasteiger partial charge on any atom is 0.259 e. The molecule has 0 aliphatic heterocycles. The maximum atomic E-state index is 12.7. The van der Waals surface area contributed by atoms with Crippen molar-refractivity contribution < 1.29 is 14.0 Å². The van der Waals surface area contributed by atoms with E-state index in [1.807, 2.05) is 30.3 Å². The third-order valence-electron chi connectivity index (χ3n) is 2.72. The zero-order chi connectivity index (χ0) is 15.8. The summed E-state index contributed by atoms with van der Waals surface area (Å²) in [6.07, 6.45) is 1.50. The normalized spacial score (nSPS) is 10.4. The van der Waals surface area contributed by atoms with Crippen molar-refractivity contribution in [2.45, 2.75) is 0 Å². The van der Waals surface area contributed by atoms with E-state index in [9.17, 15) is 14.0 Å². The number of carbonyl (C=O) groups is 2. The molecule has 2 N–H and O–H groups in total. The molecule has 2 aromatic rings. The van der Waals surface area contributed by atoms with Crippen molar-refractivity contribution in [3.63, 3.8) is 0 Å². The van der Waals surface area contributed by atoms with Crippen molar-refractivity contribution in [1.29, 1.82) is 0 Å². The van der Waals surface area contributed by atoms with Crippen molar-refractivity contribution >= 4 is 18.0 Å². The standard InChI is InChI=1S/C16H14FN3O2/c17-14-8-6-13(7-9-14)16(22)18-11-15(21)20-19-10-12-4-2-1-3-5-12/h1-10H,11H2,(H,18,22)(H,20,21)/b19-10-. The van der Waals surface area contributed by atoms with Crippen LogP contribution in [-0.2, 0) is 4.79 Å². The summed E-state index contributed by atoms with van der Waals surface area (Å²) in [5, 5.41) is 6.20. The second-order valence-electron chi connectivity index (χ2n) is 4.39. The molecule has 112 valence electrons. The molecule has 2 aromatic carbocycles. The predicted octanol–water partition coefficient (Wildman–Crippen LogP) is 1.71. The number of hydrogen-bond acceptors (Lipinski definition) is 3. The Hall–Kier alpha value is -3.02. The molecule has 0 fully saturated rings. The maximum absolute atomic E-state index is 12.7. The molecule has 22 heavy (non-hydrogen) atoms. The van der Waals surface area contributed by atoms with E-state index in [1.165, 1.54) is 30.5 Å². The van der Waals surface area contributed by atoms with Crippen molar-refractivity contribution in [1.82, 2.24) is 10.7 Å². The van der Waals surface area contributed by atoms with Crippen LogP contribution in [0.5, 0.6) is 0 Å². The van der Waals surface area contributed by atoms with Crippen LogP contribution in [0.4, 0.5) is 4.39 Å². The Bertz CT molecular complexity index is 670. The quantitative estimate of drug-likeness (QED) is 0.652. The van der Waals surface area contributed by atoms with Gasteiger partial charge >= 0.3 is 0 Å². The van der Waals surface area contributed by atoms with Crippen LogP contribution >= 0.6 is 0 Å². The lowest BCUT2D eigenvalue weighted by molar-refractivity contribution is -0.120. The number of nitrogens with one attached hydrogen (secondary N) is 2. The molecule has 0 aliphatic rings. The number of nitrogens with zero attached hydrogens (tertiary/aromatic N) is 1. The lowest BCUT2D eigenvalue weighted by atomic mass is 10.2. The van der Waals surface area contributed by atoms with Crippen LogP contribution in [0.1, 0.15) is 15.9 Å².